The molecular weight excluding hydrogens is 372 g/mol. The fourth-order valence-corrected chi connectivity index (χ4v) is 3.48. The normalized spacial score (nSPS) is 11.5. The van der Waals surface area contributed by atoms with Crippen molar-refractivity contribution >= 4 is 33.2 Å². The van der Waals surface area contributed by atoms with Crippen molar-refractivity contribution in [2.45, 2.75) is 19.8 Å². The molecular formula is C19H23ClN2O3S. The summed E-state index contributed by atoms with van der Waals surface area (Å²) < 4.78 is 25.2. The molecule has 0 aliphatic carbocycles. The molecule has 0 saturated carbocycles. The minimum absolute atomic E-state index is 0.210. The van der Waals surface area contributed by atoms with E-state index in [0.29, 0.717) is 17.1 Å². The van der Waals surface area contributed by atoms with E-state index < -0.39 is 10.0 Å². The number of hydrogen-bond acceptors (Lipinski definition) is 3. The Labute approximate surface area is 160 Å². The van der Waals surface area contributed by atoms with Gasteiger partial charge in [-0.3, -0.25) is 4.79 Å². The average Bonchev–Trinajstić information content (AvgIpc) is 2.58. The van der Waals surface area contributed by atoms with Gasteiger partial charge in [-0.25, -0.2) is 8.42 Å². The van der Waals surface area contributed by atoms with Crippen molar-refractivity contribution in [2.75, 3.05) is 24.7 Å². The van der Waals surface area contributed by atoms with Gasteiger partial charge < -0.3 is 5.32 Å². The van der Waals surface area contributed by atoms with Crippen molar-refractivity contribution in [2.24, 2.45) is 0 Å². The third-order valence-electron chi connectivity index (χ3n) is 3.97. The lowest BCUT2D eigenvalue weighted by molar-refractivity contribution is -0.116. The van der Waals surface area contributed by atoms with Crippen LogP contribution in [0, 0.1) is 0 Å². The summed E-state index contributed by atoms with van der Waals surface area (Å²) >= 11 is 5.95. The molecule has 0 bridgehead atoms. The lowest BCUT2D eigenvalue weighted by Crippen LogP contribution is -2.38. The van der Waals surface area contributed by atoms with Crippen LogP contribution in [-0.4, -0.2) is 38.0 Å². The highest BCUT2D eigenvalue weighted by Crippen LogP contribution is 2.13. The van der Waals surface area contributed by atoms with Gasteiger partial charge in [-0.1, -0.05) is 42.8 Å². The molecule has 7 heteroatoms. The van der Waals surface area contributed by atoms with E-state index in [-0.39, 0.29) is 19.0 Å². The molecule has 0 heterocycles. The minimum Gasteiger partial charge on any atom is -0.325 e. The number of sulfonamides is 1. The third kappa shape index (κ3) is 6.44. The molecule has 1 N–H and O–H groups in total. The van der Waals surface area contributed by atoms with E-state index in [1.54, 1.807) is 12.1 Å². The molecule has 0 fully saturated rings. The van der Waals surface area contributed by atoms with Crippen LogP contribution >= 0.6 is 11.6 Å². The van der Waals surface area contributed by atoms with Gasteiger partial charge in [0.25, 0.3) is 0 Å². The first-order chi connectivity index (χ1) is 12.3. The number of benzene rings is 2. The summed E-state index contributed by atoms with van der Waals surface area (Å²) in [6, 6.07) is 14.7. The maximum absolute atomic E-state index is 12.3. The van der Waals surface area contributed by atoms with Crippen molar-refractivity contribution in [3.8, 4) is 0 Å². The molecule has 0 aromatic heterocycles. The topological polar surface area (TPSA) is 66.5 Å². The SMILES string of the molecule is CCc1ccc(NC(=O)CN(CCc2cccc(Cl)c2)S(C)(=O)=O)cc1. The Morgan fingerprint density at radius 1 is 1.12 bits per heavy atom. The van der Waals surface area contributed by atoms with Crippen molar-refractivity contribution in [1.29, 1.82) is 0 Å². The van der Waals surface area contributed by atoms with Crippen molar-refractivity contribution in [3.05, 3.63) is 64.7 Å². The molecule has 140 valence electrons. The molecule has 0 radical (unpaired) electrons. The van der Waals surface area contributed by atoms with E-state index in [4.69, 9.17) is 11.6 Å². The summed E-state index contributed by atoms with van der Waals surface area (Å²) in [7, 11) is -3.50. The molecule has 2 aromatic carbocycles. The third-order valence-corrected chi connectivity index (χ3v) is 5.46. The van der Waals surface area contributed by atoms with Crippen LogP contribution in [0.15, 0.2) is 48.5 Å². The predicted molar refractivity (Wildman–Crippen MR) is 106 cm³/mol. The van der Waals surface area contributed by atoms with Crippen molar-refractivity contribution in [1.82, 2.24) is 4.31 Å². The second kappa shape index (κ2) is 9.16. The number of rotatable bonds is 8. The summed E-state index contributed by atoms with van der Waals surface area (Å²) in [5, 5.41) is 3.34. The van der Waals surface area contributed by atoms with Crippen molar-refractivity contribution < 1.29 is 13.2 Å². The summed E-state index contributed by atoms with van der Waals surface area (Å²) in [6.07, 6.45) is 2.50. The number of halogens is 1. The van der Waals surface area contributed by atoms with E-state index in [1.807, 2.05) is 36.4 Å². The average molecular weight is 395 g/mol. The number of anilines is 1. The summed E-state index contributed by atoms with van der Waals surface area (Å²) in [6.45, 7) is 2.04. The zero-order valence-electron chi connectivity index (χ0n) is 14.9. The van der Waals surface area contributed by atoms with Gasteiger partial charge in [0.1, 0.15) is 0 Å². The standard InChI is InChI=1S/C19H23ClN2O3S/c1-3-15-7-9-18(10-8-15)21-19(23)14-22(26(2,24)25)12-11-16-5-4-6-17(20)13-16/h4-10,13H,3,11-12,14H2,1-2H3,(H,21,23). The van der Waals surface area contributed by atoms with Gasteiger partial charge in [0.05, 0.1) is 12.8 Å². The Hall–Kier alpha value is -1.89. The Kier molecular flexibility index (Phi) is 7.20. The van der Waals surface area contributed by atoms with Gasteiger partial charge in [0.2, 0.25) is 15.9 Å². The maximum atomic E-state index is 12.3. The van der Waals surface area contributed by atoms with Crippen LogP contribution < -0.4 is 5.32 Å². The predicted octanol–water partition coefficient (Wildman–Crippen LogP) is 3.35. The summed E-state index contributed by atoms with van der Waals surface area (Å²) in [5.74, 6) is -0.370. The smallest absolute Gasteiger partial charge is 0.239 e. The molecule has 26 heavy (non-hydrogen) atoms. The van der Waals surface area contributed by atoms with Gasteiger partial charge in [0, 0.05) is 17.3 Å². The molecule has 0 atom stereocenters. The molecule has 0 unspecified atom stereocenters. The van der Waals surface area contributed by atoms with Crippen LogP contribution in [0.2, 0.25) is 5.02 Å². The van der Waals surface area contributed by atoms with Gasteiger partial charge in [-0.15, -0.1) is 0 Å². The fourth-order valence-electron chi connectivity index (χ4n) is 2.49. The van der Waals surface area contributed by atoms with Crippen LogP contribution in [0.5, 0.6) is 0 Å². The number of nitrogens with zero attached hydrogens (tertiary/aromatic N) is 1. The monoisotopic (exact) mass is 394 g/mol. The zero-order chi connectivity index (χ0) is 19.2. The lowest BCUT2D eigenvalue weighted by atomic mass is 10.1. The van der Waals surface area contributed by atoms with Crippen LogP contribution in [0.3, 0.4) is 0 Å². The van der Waals surface area contributed by atoms with Gasteiger partial charge in [-0.2, -0.15) is 4.31 Å². The van der Waals surface area contributed by atoms with Crippen LogP contribution in [0.25, 0.3) is 0 Å². The molecule has 2 rings (SSSR count). The van der Waals surface area contributed by atoms with E-state index in [1.165, 1.54) is 9.87 Å². The summed E-state index contributed by atoms with van der Waals surface area (Å²) in [5.41, 5.74) is 2.74. The Bertz CT molecular complexity index is 851. The first-order valence-electron chi connectivity index (χ1n) is 8.36. The quantitative estimate of drug-likeness (QED) is 0.746. The zero-order valence-corrected chi connectivity index (χ0v) is 16.5. The van der Waals surface area contributed by atoms with Gasteiger partial charge in [-0.05, 0) is 48.2 Å². The van der Waals surface area contributed by atoms with E-state index in [2.05, 4.69) is 12.2 Å². The van der Waals surface area contributed by atoms with E-state index >= 15 is 0 Å². The number of carbonyl (C=O) groups excluding carboxylic acids is 1. The number of hydrogen-bond donors (Lipinski definition) is 1. The minimum atomic E-state index is -3.50. The van der Waals surface area contributed by atoms with Gasteiger partial charge in [0.15, 0.2) is 0 Å². The number of aryl methyl sites for hydroxylation is 1. The lowest BCUT2D eigenvalue weighted by Gasteiger charge is -2.19. The Morgan fingerprint density at radius 3 is 2.38 bits per heavy atom. The Balaban J connectivity index is 1.99. The highest BCUT2D eigenvalue weighted by atomic mass is 35.5. The maximum Gasteiger partial charge on any atom is 0.239 e. The second-order valence-corrected chi connectivity index (χ2v) is 8.49. The second-order valence-electron chi connectivity index (χ2n) is 6.08. The fraction of sp³-hybridized carbons (Fsp3) is 0.316. The largest absolute Gasteiger partial charge is 0.325 e. The van der Waals surface area contributed by atoms with Crippen molar-refractivity contribution in [3.63, 3.8) is 0 Å². The molecule has 0 aliphatic heterocycles. The molecule has 0 spiro atoms. The van der Waals surface area contributed by atoms with Crippen LogP contribution in [0.1, 0.15) is 18.1 Å². The van der Waals surface area contributed by atoms with E-state index in [9.17, 15) is 13.2 Å². The first kappa shape index (κ1) is 20.4. The van der Waals surface area contributed by atoms with Crippen LogP contribution in [-0.2, 0) is 27.7 Å². The molecule has 1 amide bonds. The summed E-state index contributed by atoms with van der Waals surface area (Å²) in [4.78, 5) is 12.3. The number of nitrogens with one attached hydrogen (secondary N) is 1. The highest BCUT2D eigenvalue weighted by Gasteiger charge is 2.20. The van der Waals surface area contributed by atoms with Crippen LogP contribution in [0.4, 0.5) is 5.69 Å². The molecule has 2 aromatic rings. The number of carbonyl (C=O) groups is 1. The highest BCUT2D eigenvalue weighted by molar-refractivity contribution is 7.88. The first-order valence-corrected chi connectivity index (χ1v) is 10.6. The Morgan fingerprint density at radius 2 is 1.81 bits per heavy atom. The van der Waals surface area contributed by atoms with E-state index in [0.717, 1.165) is 18.2 Å². The number of amides is 1. The molecule has 0 saturated heterocycles. The molecule has 5 nitrogen and oxygen atoms in total. The molecule has 0 aliphatic rings. The van der Waals surface area contributed by atoms with Gasteiger partial charge >= 0.3 is 0 Å².